The fourth-order valence-electron chi connectivity index (χ4n) is 2.07. The fraction of sp³-hybridized carbons (Fsp3) is 0.462. The highest BCUT2D eigenvalue weighted by Crippen LogP contribution is 2.31. The SMILES string of the molecule is CC(C)S(=O)(=O)c1ccccc1N1CC(Cl)CC1=O. The number of halogens is 1. The van der Waals surface area contributed by atoms with Crippen LogP contribution in [-0.2, 0) is 14.6 Å². The van der Waals surface area contributed by atoms with Crippen LogP contribution in [-0.4, -0.2) is 31.5 Å². The zero-order valence-electron chi connectivity index (χ0n) is 10.8. The van der Waals surface area contributed by atoms with Crippen LogP contribution in [0.25, 0.3) is 0 Å². The van der Waals surface area contributed by atoms with Gasteiger partial charge in [-0.2, -0.15) is 0 Å². The Hall–Kier alpha value is -1.07. The standard InChI is InChI=1S/C13H16ClNO3S/c1-9(2)19(17,18)12-6-4-3-5-11(12)15-8-10(14)7-13(15)16/h3-6,9-10H,7-8H2,1-2H3. The number of para-hydroxylation sites is 1. The largest absolute Gasteiger partial charge is 0.310 e. The molecule has 6 heteroatoms. The maximum Gasteiger partial charge on any atom is 0.228 e. The zero-order valence-corrected chi connectivity index (χ0v) is 12.4. The molecule has 1 aromatic rings. The minimum absolute atomic E-state index is 0.133. The molecule has 1 heterocycles. The zero-order chi connectivity index (χ0) is 14.2. The Morgan fingerprint density at radius 2 is 1.95 bits per heavy atom. The summed E-state index contributed by atoms with van der Waals surface area (Å²) in [6, 6.07) is 6.59. The first-order chi connectivity index (χ1) is 8.84. The number of alkyl halides is 1. The van der Waals surface area contributed by atoms with Crippen molar-refractivity contribution in [2.75, 3.05) is 11.4 Å². The minimum atomic E-state index is -3.42. The van der Waals surface area contributed by atoms with Crippen LogP contribution < -0.4 is 4.90 Å². The van der Waals surface area contributed by atoms with Crippen LogP contribution in [0.4, 0.5) is 5.69 Å². The van der Waals surface area contributed by atoms with E-state index in [0.29, 0.717) is 12.2 Å². The van der Waals surface area contributed by atoms with Crippen molar-refractivity contribution in [3.05, 3.63) is 24.3 Å². The number of rotatable bonds is 3. The normalized spacial score (nSPS) is 20.3. The molecule has 1 aromatic carbocycles. The molecule has 0 bridgehead atoms. The first-order valence-electron chi connectivity index (χ1n) is 6.11. The van der Waals surface area contributed by atoms with Crippen molar-refractivity contribution in [2.24, 2.45) is 0 Å². The monoisotopic (exact) mass is 301 g/mol. The molecule has 1 atom stereocenters. The lowest BCUT2D eigenvalue weighted by atomic mass is 10.3. The molecule has 104 valence electrons. The van der Waals surface area contributed by atoms with Gasteiger partial charge in [0.1, 0.15) is 0 Å². The van der Waals surface area contributed by atoms with Crippen molar-refractivity contribution in [1.29, 1.82) is 0 Å². The van der Waals surface area contributed by atoms with Crippen molar-refractivity contribution in [3.8, 4) is 0 Å². The Bertz CT molecular complexity index is 598. The second-order valence-corrected chi connectivity index (χ2v) is 7.96. The molecular formula is C13H16ClNO3S. The average molecular weight is 302 g/mol. The van der Waals surface area contributed by atoms with Crippen LogP contribution in [0.15, 0.2) is 29.2 Å². The summed E-state index contributed by atoms with van der Waals surface area (Å²) in [4.78, 5) is 13.5. The molecule has 1 aliphatic heterocycles. The van der Waals surface area contributed by atoms with Crippen molar-refractivity contribution < 1.29 is 13.2 Å². The number of sulfone groups is 1. The second kappa shape index (κ2) is 5.13. The van der Waals surface area contributed by atoms with Gasteiger partial charge in [0.05, 0.1) is 21.2 Å². The van der Waals surface area contributed by atoms with E-state index >= 15 is 0 Å². The van der Waals surface area contributed by atoms with E-state index in [-0.39, 0.29) is 22.6 Å². The van der Waals surface area contributed by atoms with Crippen LogP contribution in [0.5, 0.6) is 0 Å². The summed E-state index contributed by atoms with van der Waals surface area (Å²) in [6.45, 7) is 3.61. The van der Waals surface area contributed by atoms with Crippen LogP contribution in [0.1, 0.15) is 20.3 Å². The van der Waals surface area contributed by atoms with E-state index in [1.165, 1.54) is 4.90 Å². The highest BCUT2D eigenvalue weighted by Gasteiger charge is 2.33. The minimum Gasteiger partial charge on any atom is -0.310 e. The molecule has 1 saturated heterocycles. The maximum atomic E-state index is 12.3. The smallest absolute Gasteiger partial charge is 0.228 e. The van der Waals surface area contributed by atoms with Gasteiger partial charge >= 0.3 is 0 Å². The number of hydrogen-bond donors (Lipinski definition) is 0. The molecule has 0 radical (unpaired) electrons. The Morgan fingerprint density at radius 1 is 1.32 bits per heavy atom. The van der Waals surface area contributed by atoms with Crippen LogP contribution in [0.2, 0.25) is 0 Å². The lowest BCUT2D eigenvalue weighted by molar-refractivity contribution is -0.117. The first-order valence-corrected chi connectivity index (χ1v) is 8.09. The third-order valence-corrected chi connectivity index (χ3v) is 5.65. The van der Waals surface area contributed by atoms with Gasteiger partial charge in [0, 0.05) is 13.0 Å². The molecule has 4 nitrogen and oxygen atoms in total. The number of benzene rings is 1. The van der Waals surface area contributed by atoms with E-state index in [9.17, 15) is 13.2 Å². The first kappa shape index (κ1) is 14.3. The van der Waals surface area contributed by atoms with E-state index < -0.39 is 15.1 Å². The highest BCUT2D eigenvalue weighted by atomic mass is 35.5. The van der Waals surface area contributed by atoms with Gasteiger partial charge in [0.15, 0.2) is 9.84 Å². The Kier molecular flexibility index (Phi) is 3.87. The lowest BCUT2D eigenvalue weighted by Crippen LogP contribution is -2.27. The third-order valence-electron chi connectivity index (χ3n) is 3.16. The second-order valence-electron chi connectivity index (χ2n) is 4.87. The maximum absolute atomic E-state index is 12.3. The molecule has 1 fully saturated rings. The van der Waals surface area contributed by atoms with Gasteiger partial charge in [-0.15, -0.1) is 11.6 Å². The predicted molar refractivity (Wildman–Crippen MR) is 75.4 cm³/mol. The molecule has 0 aromatic heterocycles. The van der Waals surface area contributed by atoms with E-state index in [1.54, 1.807) is 38.1 Å². The van der Waals surface area contributed by atoms with Crippen molar-refractivity contribution >= 4 is 33.0 Å². The molecule has 2 rings (SSSR count). The van der Waals surface area contributed by atoms with Gasteiger partial charge in [-0.1, -0.05) is 12.1 Å². The highest BCUT2D eigenvalue weighted by molar-refractivity contribution is 7.92. The Labute approximate surface area is 118 Å². The summed E-state index contributed by atoms with van der Waals surface area (Å²) in [5, 5.41) is -0.791. The van der Waals surface area contributed by atoms with Gasteiger partial charge in [0.25, 0.3) is 0 Å². The van der Waals surface area contributed by atoms with Crippen molar-refractivity contribution in [2.45, 2.75) is 35.8 Å². The van der Waals surface area contributed by atoms with E-state index in [4.69, 9.17) is 11.6 Å². The van der Waals surface area contributed by atoms with Gasteiger partial charge in [-0.05, 0) is 26.0 Å². The lowest BCUT2D eigenvalue weighted by Gasteiger charge is -2.20. The number of carbonyl (C=O) groups excluding carboxylic acids is 1. The molecule has 0 N–H and O–H groups in total. The third kappa shape index (κ3) is 2.62. The summed E-state index contributed by atoms with van der Waals surface area (Å²) >= 11 is 5.97. The summed E-state index contributed by atoms with van der Waals surface area (Å²) in [5.74, 6) is -0.133. The molecule has 19 heavy (non-hydrogen) atoms. The molecule has 0 saturated carbocycles. The summed E-state index contributed by atoms with van der Waals surface area (Å²) in [7, 11) is -3.42. The van der Waals surface area contributed by atoms with Crippen LogP contribution >= 0.6 is 11.6 Å². The van der Waals surface area contributed by atoms with Gasteiger partial charge < -0.3 is 4.90 Å². The number of anilines is 1. The molecule has 0 aliphatic carbocycles. The summed E-state index contributed by atoms with van der Waals surface area (Å²) in [5.41, 5.74) is 0.435. The van der Waals surface area contributed by atoms with Gasteiger partial charge in [0.2, 0.25) is 5.91 Å². The Morgan fingerprint density at radius 3 is 2.47 bits per heavy atom. The van der Waals surface area contributed by atoms with Crippen LogP contribution in [0, 0.1) is 0 Å². The number of hydrogen-bond acceptors (Lipinski definition) is 3. The number of nitrogens with zero attached hydrogens (tertiary/aromatic N) is 1. The molecule has 1 amide bonds. The van der Waals surface area contributed by atoms with Gasteiger partial charge in [-0.25, -0.2) is 8.42 Å². The number of carbonyl (C=O) groups is 1. The molecule has 1 unspecified atom stereocenters. The van der Waals surface area contributed by atoms with Crippen molar-refractivity contribution in [3.63, 3.8) is 0 Å². The van der Waals surface area contributed by atoms with Crippen molar-refractivity contribution in [1.82, 2.24) is 0 Å². The fourth-order valence-corrected chi connectivity index (χ4v) is 3.59. The van der Waals surface area contributed by atoms with E-state index in [1.807, 2.05) is 0 Å². The number of amides is 1. The Balaban J connectivity index is 2.52. The summed E-state index contributed by atoms with van der Waals surface area (Å²) in [6.07, 6.45) is 0.248. The average Bonchev–Trinajstić information content (AvgIpc) is 2.68. The summed E-state index contributed by atoms with van der Waals surface area (Å²) < 4.78 is 24.7. The molecule has 0 spiro atoms. The van der Waals surface area contributed by atoms with Gasteiger partial charge in [-0.3, -0.25) is 4.79 Å². The van der Waals surface area contributed by atoms with E-state index in [0.717, 1.165) is 0 Å². The molecular weight excluding hydrogens is 286 g/mol. The predicted octanol–water partition coefficient (Wildman–Crippen LogP) is 2.21. The molecule has 1 aliphatic rings. The quantitative estimate of drug-likeness (QED) is 0.804. The topological polar surface area (TPSA) is 54.5 Å². The van der Waals surface area contributed by atoms with Crippen LogP contribution in [0.3, 0.4) is 0 Å². The van der Waals surface area contributed by atoms with E-state index in [2.05, 4.69) is 0 Å².